The molecule has 0 unspecified atom stereocenters. The fourth-order valence-corrected chi connectivity index (χ4v) is 1.82. The van der Waals surface area contributed by atoms with Gasteiger partial charge in [-0.05, 0) is 24.5 Å². The molecular weight excluding hydrogens is 253 g/mol. The van der Waals surface area contributed by atoms with Crippen molar-refractivity contribution in [2.24, 2.45) is 0 Å². The Hall–Kier alpha value is -1.76. The number of hydrogen-bond donors (Lipinski definition) is 2. The highest BCUT2D eigenvalue weighted by Crippen LogP contribution is 2.38. The van der Waals surface area contributed by atoms with E-state index >= 15 is 0 Å². The fourth-order valence-electron chi connectivity index (χ4n) is 1.82. The summed E-state index contributed by atoms with van der Waals surface area (Å²) in [6, 6.07) is 4.34. The summed E-state index contributed by atoms with van der Waals surface area (Å²) in [6.45, 7) is -0.250. The number of ether oxygens (including phenoxy) is 1. The van der Waals surface area contributed by atoms with Gasteiger partial charge in [-0.3, -0.25) is 4.79 Å². The van der Waals surface area contributed by atoms with E-state index in [1.165, 1.54) is 12.1 Å². The van der Waals surface area contributed by atoms with E-state index in [4.69, 9.17) is 9.90 Å². The summed E-state index contributed by atoms with van der Waals surface area (Å²) in [5.74, 6) is -0.198. The maximum absolute atomic E-state index is 12.0. The second kappa shape index (κ2) is 5.72. The zero-order chi connectivity index (χ0) is 13.8. The van der Waals surface area contributed by atoms with Crippen molar-refractivity contribution in [2.45, 2.75) is 25.3 Å². The Morgan fingerprint density at radius 3 is 2.56 bits per heavy atom. The van der Waals surface area contributed by atoms with Crippen LogP contribution in [-0.4, -0.2) is 23.0 Å². The third-order valence-electron chi connectivity index (χ3n) is 2.42. The number of carbonyl (C=O) groups is 1. The zero-order valence-corrected chi connectivity index (χ0v) is 9.15. The molecule has 2 rings (SSSR count). The maximum atomic E-state index is 12.0. The number of fused-ring (bicyclic) bond motifs is 1. The first-order valence-corrected chi connectivity index (χ1v) is 5.02. The number of carboxylic acid groups (broad SMARTS) is 1. The van der Waals surface area contributed by atoms with Gasteiger partial charge in [0.25, 0.3) is 6.47 Å². The molecule has 1 atom stereocenters. The lowest BCUT2D eigenvalue weighted by atomic mass is 10.1. The molecule has 7 heteroatoms. The summed E-state index contributed by atoms with van der Waals surface area (Å²) in [6.07, 6.45) is -4.48. The predicted octanol–water partition coefficient (Wildman–Crippen LogP) is 2.27. The van der Waals surface area contributed by atoms with Gasteiger partial charge in [-0.1, -0.05) is 12.1 Å². The van der Waals surface area contributed by atoms with E-state index in [1.807, 2.05) is 0 Å². The van der Waals surface area contributed by atoms with Crippen LogP contribution in [0.4, 0.5) is 13.2 Å². The van der Waals surface area contributed by atoms with Crippen LogP contribution in [0.3, 0.4) is 0 Å². The van der Waals surface area contributed by atoms with Gasteiger partial charge in [-0.15, -0.1) is 13.2 Å². The minimum atomic E-state index is -4.68. The van der Waals surface area contributed by atoms with E-state index in [0.717, 1.165) is 0 Å². The van der Waals surface area contributed by atoms with Crippen LogP contribution in [0.2, 0.25) is 0 Å². The van der Waals surface area contributed by atoms with E-state index < -0.39 is 12.5 Å². The molecule has 0 saturated heterocycles. The van der Waals surface area contributed by atoms with Crippen LogP contribution in [0, 0.1) is 0 Å². The molecule has 2 N–H and O–H groups in total. The molecule has 100 valence electrons. The smallest absolute Gasteiger partial charge is 0.483 e. The molecule has 0 amide bonds. The molecule has 0 fully saturated rings. The Balaban J connectivity index is 0.000000492. The number of aliphatic hydroxyl groups is 1. The summed E-state index contributed by atoms with van der Waals surface area (Å²) in [5.41, 5.74) is 0.999. The number of aliphatic hydroxyl groups excluding tert-OH is 1. The predicted molar refractivity (Wildman–Crippen MR) is 55.1 cm³/mol. The molecule has 0 heterocycles. The Bertz CT molecular complexity index is 417. The highest BCUT2D eigenvalue weighted by Gasteiger charge is 2.34. The van der Waals surface area contributed by atoms with Crippen LogP contribution in [0.5, 0.6) is 5.75 Å². The molecule has 0 radical (unpaired) electrons. The standard InChI is InChI=1S/C10H9F3O2.CH2O2/c11-10(12,13)15-9-3-1-2-6-7(9)4-5-8(6)14;2-1-3/h1-3,8,14H,4-5H2;1H,(H,2,3)/t8-;/m0./s1. The quantitative estimate of drug-likeness (QED) is 0.763. The Morgan fingerprint density at radius 2 is 2.00 bits per heavy atom. The Morgan fingerprint density at radius 1 is 1.39 bits per heavy atom. The number of halogens is 3. The lowest BCUT2D eigenvalue weighted by Gasteiger charge is -2.12. The van der Waals surface area contributed by atoms with Crippen LogP contribution < -0.4 is 4.74 Å². The average Bonchev–Trinajstić information content (AvgIpc) is 2.61. The van der Waals surface area contributed by atoms with Gasteiger partial charge in [0.1, 0.15) is 5.75 Å². The molecule has 0 spiro atoms. The molecule has 1 aliphatic carbocycles. The molecule has 0 aromatic heterocycles. The Kier molecular flexibility index (Phi) is 4.55. The van der Waals surface area contributed by atoms with E-state index in [0.29, 0.717) is 24.0 Å². The van der Waals surface area contributed by atoms with E-state index in [9.17, 15) is 18.3 Å². The van der Waals surface area contributed by atoms with Gasteiger partial charge in [-0.2, -0.15) is 0 Å². The van der Waals surface area contributed by atoms with Crippen molar-refractivity contribution in [2.75, 3.05) is 0 Å². The second-order valence-corrected chi connectivity index (χ2v) is 3.53. The molecule has 1 aliphatic rings. The lowest BCUT2D eigenvalue weighted by Crippen LogP contribution is -2.18. The normalized spacial score (nSPS) is 17.4. The third kappa shape index (κ3) is 3.63. The summed E-state index contributed by atoms with van der Waals surface area (Å²) < 4.78 is 39.9. The van der Waals surface area contributed by atoms with Gasteiger partial charge in [0.15, 0.2) is 0 Å². The summed E-state index contributed by atoms with van der Waals surface area (Å²) in [4.78, 5) is 8.36. The molecular formula is C11H11F3O4. The fraction of sp³-hybridized carbons (Fsp3) is 0.364. The van der Waals surface area contributed by atoms with Crippen molar-refractivity contribution in [1.29, 1.82) is 0 Å². The van der Waals surface area contributed by atoms with Gasteiger partial charge >= 0.3 is 6.36 Å². The summed E-state index contributed by atoms with van der Waals surface area (Å²) >= 11 is 0. The van der Waals surface area contributed by atoms with Crippen LogP contribution >= 0.6 is 0 Å². The first kappa shape index (κ1) is 14.3. The van der Waals surface area contributed by atoms with Gasteiger partial charge in [-0.25, -0.2) is 0 Å². The number of hydrogen-bond acceptors (Lipinski definition) is 3. The monoisotopic (exact) mass is 264 g/mol. The average molecular weight is 264 g/mol. The van der Waals surface area contributed by atoms with Crippen molar-refractivity contribution in [3.8, 4) is 5.75 Å². The number of rotatable bonds is 1. The first-order chi connectivity index (χ1) is 8.39. The SMILES string of the molecule is O=CO.O[C@H]1CCc2c(OC(F)(F)F)cccc21. The van der Waals surface area contributed by atoms with E-state index in [2.05, 4.69) is 4.74 Å². The van der Waals surface area contributed by atoms with Crippen LogP contribution in [0.25, 0.3) is 0 Å². The third-order valence-corrected chi connectivity index (χ3v) is 2.42. The van der Waals surface area contributed by atoms with E-state index in [-0.39, 0.29) is 12.2 Å². The van der Waals surface area contributed by atoms with Gasteiger partial charge in [0.05, 0.1) is 6.10 Å². The van der Waals surface area contributed by atoms with Crippen LogP contribution in [-0.2, 0) is 11.2 Å². The van der Waals surface area contributed by atoms with Crippen molar-refractivity contribution in [1.82, 2.24) is 0 Å². The van der Waals surface area contributed by atoms with Crippen molar-refractivity contribution in [3.63, 3.8) is 0 Å². The minimum absolute atomic E-state index is 0.198. The van der Waals surface area contributed by atoms with Gasteiger partial charge in [0, 0.05) is 5.56 Å². The molecule has 1 aromatic rings. The molecule has 0 saturated carbocycles. The molecule has 4 nitrogen and oxygen atoms in total. The van der Waals surface area contributed by atoms with E-state index in [1.54, 1.807) is 6.07 Å². The highest BCUT2D eigenvalue weighted by atomic mass is 19.4. The molecule has 0 bridgehead atoms. The van der Waals surface area contributed by atoms with Crippen LogP contribution in [0.15, 0.2) is 18.2 Å². The zero-order valence-electron chi connectivity index (χ0n) is 9.15. The molecule has 0 aliphatic heterocycles. The van der Waals surface area contributed by atoms with Gasteiger partial charge in [0.2, 0.25) is 0 Å². The molecule has 1 aromatic carbocycles. The second-order valence-electron chi connectivity index (χ2n) is 3.53. The minimum Gasteiger partial charge on any atom is -0.483 e. The van der Waals surface area contributed by atoms with Crippen molar-refractivity contribution in [3.05, 3.63) is 29.3 Å². The van der Waals surface area contributed by atoms with Crippen molar-refractivity contribution >= 4 is 6.47 Å². The maximum Gasteiger partial charge on any atom is 0.573 e. The number of alkyl halides is 3. The first-order valence-electron chi connectivity index (χ1n) is 5.02. The lowest BCUT2D eigenvalue weighted by molar-refractivity contribution is -0.274. The highest BCUT2D eigenvalue weighted by molar-refractivity contribution is 5.44. The summed E-state index contributed by atoms with van der Waals surface area (Å²) in [5, 5.41) is 16.4. The molecule has 18 heavy (non-hydrogen) atoms. The van der Waals surface area contributed by atoms with Gasteiger partial charge < -0.3 is 14.9 Å². The Labute approximate surface area is 101 Å². The number of benzene rings is 1. The van der Waals surface area contributed by atoms with Crippen molar-refractivity contribution < 1.29 is 32.9 Å². The summed E-state index contributed by atoms with van der Waals surface area (Å²) in [7, 11) is 0. The topological polar surface area (TPSA) is 66.8 Å². The van der Waals surface area contributed by atoms with Crippen LogP contribution in [0.1, 0.15) is 23.7 Å². The largest absolute Gasteiger partial charge is 0.573 e.